The summed E-state index contributed by atoms with van der Waals surface area (Å²) in [5.41, 5.74) is 0.931. The van der Waals surface area contributed by atoms with Crippen LogP contribution >= 0.6 is 11.8 Å². The molecule has 31 heavy (non-hydrogen) atoms. The highest BCUT2D eigenvalue weighted by molar-refractivity contribution is 8.01. The molecule has 0 bridgehead atoms. The smallest absolute Gasteiger partial charge is 0.378 e. The molecule has 0 aromatic heterocycles. The summed E-state index contributed by atoms with van der Waals surface area (Å²) < 4.78 is 43.9. The van der Waals surface area contributed by atoms with E-state index >= 15 is 0 Å². The van der Waals surface area contributed by atoms with Crippen molar-refractivity contribution in [3.63, 3.8) is 0 Å². The van der Waals surface area contributed by atoms with Crippen LogP contribution in [0.25, 0.3) is 0 Å². The Morgan fingerprint density at radius 2 is 1.87 bits per heavy atom. The van der Waals surface area contributed by atoms with Gasteiger partial charge in [-0.25, -0.2) is 0 Å². The molecule has 0 spiro atoms. The molecule has 2 heterocycles. The van der Waals surface area contributed by atoms with E-state index in [1.807, 2.05) is 12.1 Å². The molecule has 2 aromatic rings. The molecule has 0 radical (unpaired) electrons. The van der Waals surface area contributed by atoms with Gasteiger partial charge in [0.05, 0.1) is 29.7 Å². The molecule has 164 valence electrons. The molecule has 1 saturated heterocycles. The van der Waals surface area contributed by atoms with Crippen LogP contribution in [0.4, 0.5) is 30.2 Å². The van der Waals surface area contributed by atoms with Crippen LogP contribution in [0.3, 0.4) is 0 Å². The van der Waals surface area contributed by atoms with Crippen molar-refractivity contribution in [3.8, 4) is 0 Å². The average molecular weight is 451 g/mol. The lowest BCUT2D eigenvalue weighted by Gasteiger charge is -2.29. The maximum Gasteiger partial charge on any atom is 0.416 e. The summed E-state index contributed by atoms with van der Waals surface area (Å²) in [5.74, 6) is -0.836. The molecule has 4 rings (SSSR count). The molecule has 2 aliphatic heterocycles. The van der Waals surface area contributed by atoms with Gasteiger partial charge >= 0.3 is 6.18 Å². The van der Waals surface area contributed by atoms with Gasteiger partial charge in [0.15, 0.2) is 0 Å². The van der Waals surface area contributed by atoms with Crippen molar-refractivity contribution in [2.45, 2.75) is 22.7 Å². The minimum Gasteiger partial charge on any atom is -0.378 e. The fraction of sp³-hybridized carbons (Fsp3) is 0.333. The van der Waals surface area contributed by atoms with Crippen LogP contribution in [-0.4, -0.2) is 43.4 Å². The quantitative estimate of drug-likeness (QED) is 0.736. The first-order chi connectivity index (χ1) is 14.8. The summed E-state index contributed by atoms with van der Waals surface area (Å²) in [6.45, 7) is 2.98. The highest BCUT2D eigenvalue weighted by Crippen LogP contribution is 2.40. The van der Waals surface area contributed by atoms with Crippen LogP contribution in [0.2, 0.25) is 0 Å². The van der Waals surface area contributed by atoms with Crippen LogP contribution in [0.5, 0.6) is 0 Å². The summed E-state index contributed by atoms with van der Waals surface area (Å²) in [4.78, 5) is 27.4. The number of benzene rings is 2. The lowest BCUT2D eigenvalue weighted by Crippen LogP contribution is -2.36. The Bertz CT molecular complexity index is 976. The number of carbonyl (C=O) groups is 2. The van der Waals surface area contributed by atoms with Gasteiger partial charge in [-0.1, -0.05) is 0 Å². The predicted molar refractivity (Wildman–Crippen MR) is 112 cm³/mol. The molecule has 10 heteroatoms. The van der Waals surface area contributed by atoms with Gasteiger partial charge in [-0.2, -0.15) is 13.2 Å². The number of rotatable bonds is 4. The number of thioether (sulfide) groups is 1. The second-order valence-corrected chi connectivity index (χ2v) is 8.45. The molecule has 1 atom stereocenters. The molecule has 2 amide bonds. The molecule has 0 unspecified atom stereocenters. The normalized spacial score (nSPS) is 18.9. The maximum atomic E-state index is 12.9. The van der Waals surface area contributed by atoms with E-state index in [-0.39, 0.29) is 18.0 Å². The van der Waals surface area contributed by atoms with Gasteiger partial charge < -0.3 is 20.3 Å². The van der Waals surface area contributed by atoms with E-state index in [1.165, 1.54) is 6.07 Å². The zero-order chi connectivity index (χ0) is 22.0. The standard InChI is InChI=1S/C21H20F3N3O3S/c22-21(23,24)13-1-6-17-16(11-13)26-20(29)18(31-17)12-19(28)25-14-2-4-15(5-3-14)27-7-9-30-10-8-27/h1-6,11,18H,7-10,12H2,(H,25,28)(H,26,29)/t18-/m0/s1. The average Bonchev–Trinajstić information content (AvgIpc) is 2.74. The highest BCUT2D eigenvalue weighted by Gasteiger charge is 2.34. The molecule has 0 aliphatic carbocycles. The van der Waals surface area contributed by atoms with Gasteiger partial charge in [0.25, 0.3) is 0 Å². The van der Waals surface area contributed by atoms with E-state index in [4.69, 9.17) is 4.74 Å². The van der Waals surface area contributed by atoms with Crippen LogP contribution in [-0.2, 0) is 20.5 Å². The van der Waals surface area contributed by atoms with Gasteiger partial charge in [-0.05, 0) is 42.5 Å². The number of nitrogens with one attached hydrogen (secondary N) is 2. The summed E-state index contributed by atoms with van der Waals surface area (Å²) in [6.07, 6.45) is -4.58. The Labute approximate surface area is 181 Å². The van der Waals surface area contributed by atoms with E-state index in [9.17, 15) is 22.8 Å². The Morgan fingerprint density at radius 1 is 1.16 bits per heavy atom. The van der Waals surface area contributed by atoms with Gasteiger partial charge in [-0.15, -0.1) is 11.8 Å². The Hall–Kier alpha value is -2.72. The minimum absolute atomic E-state index is 0.0951. The topological polar surface area (TPSA) is 70.7 Å². The first kappa shape index (κ1) is 21.5. The molecule has 2 N–H and O–H groups in total. The third-order valence-corrected chi connectivity index (χ3v) is 6.30. The minimum atomic E-state index is -4.49. The fourth-order valence-electron chi connectivity index (χ4n) is 3.42. The van der Waals surface area contributed by atoms with Crippen LogP contribution in [0.15, 0.2) is 47.4 Å². The van der Waals surface area contributed by atoms with E-state index in [0.717, 1.165) is 42.7 Å². The number of fused-ring (bicyclic) bond motifs is 1. The largest absolute Gasteiger partial charge is 0.416 e. The Kier molecular flexibility index (Phi) is 6.10. The van der Waals surface area contributed by atoms with E-state index < -0.39 is 22.9 Å². The molecule has 6 nitrogen and oxygen atoms in total. The molecule has 1 fully saturated rings. The zero-order valence-corrected chi connectivity index (χ0v) is 17.2. The van der Waals surface area contributed by atoms with Crippen LogP contribution in [0, 0.1) is 0 Å². The number of ether oxygens (including phenoxy) is 1. The lowest BCUT2D eigenvalue weighted by atomic mass is 10.1. The molecule has 0 saturated carbocycles. The molecule has 2 aromatic carbocycles. The monoisotopic (exact) mass is 451 g/mol. The molecular weight excluding hydrogens is 431 g/mol. The number of morpholine rings is 1. The molecular formula is C21H20F3N3O3S. The second kappa shape index (κ2) is 8.80. The summed E-state index contributed by atoms with van der Waals surface area (Å²) >= 11 is 1.09. The number of halogens is 3. The van der Waals surface area contributed by atoms with E-state index in [2.05, 4.69) is 15.5 Å². The van der Waals surface area contributed by atoms with Crippen LogP contribution < -0.4 is 15.5 Å². The van der Waals surface area contributed by atoms with Crippen LogP contribution in [0.1, 0.15) is 12.0 Å². The first-order valence-corrected chi connectivity index (χ1v) is 10.6. The first-order valence-electron chi connectivity index (χ1n) is 9.71. The van der Waals surface area contributed by atoms with Crippen molar-refractivity contribution in [1.29, 1.82) is 0 Å². The lowest BCUT2D eigenvalue weighted by molar-refractivity contribution is -0.137. The number of alkyl halides is 3. The zero-order valence-electron chi connectivity index (χ0n) is 16.4. The SMILES string of the molecule is O=C(C[C@@H]1Sc2ccc(C(F)(F)F)cc2NC1=O)Nc1ccc(N2CCOCC2)cc1. The third kappa shape index (κ3) is 5.13. The second-order valence-electron chi connectivity index (χ2n) is 7.20. The predicted octanol–water partition coefficient (Wildman–Crippen LogP) is 3.98. The van der Waals surface area contributed by atoms with Crippen molar-refractivity contribution < 1.29 is 27.5 Å². The summed E-state index contributed by atoms with van der Waals surface area (Å²) in [7, 11) is 0. The van der Waals surface area contributed by atoms with Crippen molar-refractivity contribution in [3.05, 3.63) is 48.0 Å². The number of anilines is 3. The Balaban J connectivity index is 1.36. The number of nitrogens with zero attached hydrogens (tertiary/aromatic N) is 1. The van der Waals surface area contributed by atoms with Gasteiger partial charge in [0.2, 0.25) is 11.8 Å². The van der Waals surface area contributed by atoms with Gasteiger partial charge in [0.1, 0.15) is 0 Å². The molecule has 2 aliphatic rings. The number of amides is 2. The van der Waals surface area contributed by atoms with Crippen molar-refractivity contribution in [1.82, 2.24) is 0 Å². The number of hydrogen-bond acceptors (Lipinski definition) is 5. The van der Waals surface area contributed by atoms with E-state index in [1.54, 1.807) is 12.1 Å². The van der Waals surface area contributed by atoms with Gasteiger partial charge in [0, 0.05) is 35.8 Å². The van der Waals surface area contributed by atoms with Crippen molar-refractivity contribution in [2.24, 2.45) is 0 Å². The number of hydrogen-bond donors (Lipinski definition) is 2. The van der Waals surface area contributed by atoms with E-state index in [0.29, 0.717) is 23.8 Å². The number of carbonyl (C=O) groups excluding carboxylic acids is 2. The summed E-state index contributed by atoms with van der Waals surface area (Å²) in [5, 5.41) is 4.52. The Morgan fingerprint density at radius 3 is 2.55 bits per heavy atom. The van der Waals surface area contributed by atoms with Crippen molar-refractivity contribution in [2.75, 3.05) is 41.8 Å². The highest BCUT2D eigenvalue weighted by atomic mass is 32.2. The maximum absolute atomic E-state index is 12.9. The van der Waals surface area contributed by atoms with Gasteiger partial charge in [-0.3, -0.25) is 9.59 Å². The third-order valence-electron chi connectivity index (χ3n) is 5.02. The van der Waals surface area contributed by atoms with Crippen molar-refractivity contribution >= 4 is 40.6 Å². The fourth-order valence-corrected chi connectivity index (χ4v) is 4.51. The summed E-state index contributed by atoms with van der Waals surface area (Å²) in [6, 6.07) is 10.6.